The summed E-state index contributed by atoms with van der Waals surface area (Å²) in [5, 5.41) is 5.13. The summed E-state index contributed by atoms with van der Waals surface area (Å²) in [6, 6.07) is 3.84. The van der Waals surface area contributed by atoms with E-state index in [1.54, 1.807) is 29.4 Å². The van der Waals surface area contributed by atoms with Gasteiger partial charge in [-0.25, -0.2) is 9.50 Å². The maximum Gasteiger partial charge on any atom is 0.118 e. The number of aromatic nitrogens is 4. The van der Waals surface area contributed by atoms with Gasteiger partial charge in [-0.3, -0.25) is 4.98 Å². The second kappa shape index (κ2) is 2.26. The minimum Gasteiger partial charge on any atom is -0.264 e. The lowest BCUT2D eigenvalue weighted by Crippen LogP contribution is -1.90. The number of fused-ring (bicyclic) bond motifs is 3. The van der Waals surface area contributed by atoms with Crippen LogP contribution in [-0.2, 0) is 0 Å². The molecular formula is C9H6N4. The molecule has 0 aliphatic rings. The molecule has 0 bridgehead atoms. The molecule has 0 saturated heterocycles. The fourth-order valence-corrected chi connectivity index (χ4v) is 1.43. The molecule has 3 heterocycles. The average molecular weight is 170 g/mol. The Labute approximate surface area is 73.9 Å². The topological polar surface area (TPSA) is 43.1 Å². The minimum absolute atomic E-state index is 0.947. The van der Waals surface area contributed by atoms with Gasteiger partial charge in [0.25, 0.3) is 0 Å². The fraction of sp³-hybridized carbons (Fsp3) is 0. The lowest BCUT2D eigenvalue weighted by molar-refractivity contribution is 0.933. The summed E-state index contributed by atoms with van der Waals surface area (Å²) >= 11 is 0. The number of hydrogen-bond acceptors (Lipinski definition) is 3. The molecule has 0 aliphatic carbocycles. The molecule has 0 aromatic carbocycles. The molecule has 3 aromatic rings. The Morgan fingerprint density at radius 2 is 2.15 bits per heavy atom. The maximum absolute atomic E-state index is 4.24. The molecule has 0 N–H and O–H groups in total. The minimum atomic E-state index is 0.947. The summed E-state index contributed by atoms with van der Waals surface area (Å²) in [6.07, 6.45) is 7.00. The van der Waals surface area contributed by atoms with Gasteiger partial charge in [0, 0.05) is 17.8 Å². The first kappa shape index (κ1) is 6.54. The molecule has 62 valence electrons. The SMILES string of the molecule is c1cc2ncn3nccc3c2cn1. The molecule has 0 atom stereocenters. The summed E-state index contributed by atoms with van der Waals surface area (Å²) in [5.74, 6) is 0. The van der Waals surface area contributed by atoms with E-state index in [0.717, 1.165) is 16.4 Å². The lowest BCUT2D eigenvalue weighted by atomic mass is 10.3. The van der Waals surface area contributed by atoms with Crippen LogP contribution in [0.3, 0.4) is 0 Å². The van der Waals surface area contributed by atoms with Gasteiger partial charge in [-0.1, -0.05) is 0 Å². The average Bonchev–Trinajstić information content (AvgIpc) is 2.65. The van der Waals surface area contributed by atoms with Crippen LogP contribution in [-0.4, -0.2) is 19.6 Å². The van der Waals surface area contributed by atoms with Crippen molar-refractivity contribution < 1.29 is 0 Å². The van der Waals surface area contributed by atoms with Crippen molar-refractivity contribution in [2.45, 2.75) is 0 Å². The monoisotopic (exact) mass is 170 g/mol. The van der Waals surface area contributed by atoms with E-state index < -0.39 is 0 Å². The summed E-state index contributed by atoms with van der Waals surface area (Å²) in [7, 11) is 0. The fourth-order valence-electron chi connectivity index (χ4n) is 1.43. The highest BCUT2D eigenvalue weighted by Crippen LogP contribution is 2.14. The van der Waals surface area contributed by atoms with E-state index in [4.69, 9.17) is 0 Å². The molecule has 0 radical (unpaired) electrons. The smallest absolute Gasteiger partial charge is 0.118 e. The van der Waals surface area contributed by atoms with E-state index in [-0.39, 0.29) is 0 Å². The van der Waals surface area contributed by atoms with Crippen LogP contribution in [0.2, 0.25) is 0 Å². The molecule has 3 aromatic heterocycles. The molecule has 0 aliphatic heterocycles. The second-order valence-electron chi connectivity index (χ2n) is 2.80. The van der Waals surface area contributed by atoms with Crippen LogP contribution in [0.15, 0.2) is 37.1 Å². The highest BCUT2D eigenvalue weighted by molar-refractivity contribution is 5.91. The highest BCUT2D eigenvalue weighted by Gasteiger charge is 2.00. The van der Waals surface area contributed by atoms with E-state index in [1.807, 2.05) is 12.1 Å². The molecule has 0 saturated carbocycles. The van der Waals surface area contributed by atoms with Crippen molar-refractivity contribution in [3.63, 3.8) is 0 Å². The molecule has 0 amide bonds. The quantitative estimate of drug-likeness (QED) is 0.510. The summed E-state index contributed by atoms with van der Waals surface area (Å²) in [4.78, 5) is 8.30. The number of rotatable bonds is 0. The first-order valence-corrected chi connectivity index (χ1v) is 3.97. The van der Waals surface area contributed by atoms with E-state index in [1.165, 1.54) is 0 Å². The predicted molar refractivity (Wildman–Crippen MR) is 48.3 cm³/mol. The van der Waals surface area contributed by atoms with Crippen molar-refractivity contribution in [3.05, 3.63) is 37.1 Å². The van der Waals surface area contributed by atoms with Gasteiger partial charge >= 0.3 is 0 Å². The van der Waals surface area contributed by atoms with Gasteiger partial charge in [0.1, 0.15) is 6.33 Å². The molecule has 0 unspecified atom stereocenters. The highest BCUT2D eigenvalue weighted by atomic mass is 15.2. The van der Waals surface area contributed by atoms with Crippen LogP contribution in [0.4, 0.5) is 0 Å². The van der Waals surface area contributed by atoms with Gasteiger partial charge < -0.3 is 0 Å². The van der Waals surface area contributed by atoms with Crippen LogP contribution < -0.4 is 0 Å². The first-order valence-electron chi connectivity index (χ1n) is 3.97. The van der Waals surface area contributed by atoms with E-state index in [9.17, 15) is 0 Å². The second-order valence-corrected chi connectivity index (χ2v) is 2.80. The zero-order valence-electron chi connectivity index (χ0n) is 6.75. The van der Waals surface area contributed by atoms with E-state index in [2.05, 4.69) is 15.1 Å². The number of nitrogens with zero attached hydrogens (tertiary/aromatic N) is 4. The molecular weight excluding hydrogens is 164 g/mol. The standard InChI is InChI=1S/C9H6N4/c1-3-10-5-7-8(1)11-6-13-9(7)2-4-12-13/h1-6H. The van der Waals surface area contributed by atoms with Crippen molar-refractivity contribution in [1.29, 1.82) is 0 Å². The van der Waals surface area contributed by atoms with Gasteiger partial charge in [-0.15, -0.1) is 0 Å². The van der Waals surface area contributed by atoms with Crippen LogP contribution >= 0.6 is 0 Å². The van der Waals surface area contributed by atoms with Crippen LogP contribution in [0, 0.1) is 0 Å². The molecule has 0 spiro atoms. The normalized spacial score (nSPS) is 11.1. The van der Waals surface area contributed by atoms with Gasteiger partial charge in [-0.05, 0) is 12.1 Å². The molecule has 13 heavy (non-hydrogen) atoms. The summed E-state index contributed by atoms with van der Waals surface area (Å²) in [6.45, 7) is 0. The van der Waals surface area contributed by atoms with Crippen LogP contribution in [0.25, 0.3) is 16.4 Å². The third-order valence-corrected chi connectivity index (χ3v) is 2.05. The van der Waals surface area contributed by atoms with Gasteiger partial charge in [-0.2, -0.15) is 5.10 Å². The van der Waals surface area contributed by atoms with E-state index >= 15 is 0 Å². The Morgan fingerprint density at radius 1 is 1.15 bits per heavy atom. The van der Waals surface area contributed by atoms with Crippen LogP contribution in [0.1, 0.15) is 0 Å². The molecule has 4 nitrogen and oxygen atoms in total. The van der Waals surface area contributed by atoms with Gasteiger partial charge in [0.2, 0.25) is 0 Å². The molecule has 3 rings (SSSR count). The largest absolute Gasteiger partial charge is 0.264 e. The van der Waals surface area contributed by atoms with Crippen molar-refractivity contribution in [2.24, 2.45) is 0 Å². The lowest BCUT2D eigenvalue weighted by Gasteiger charge is -1.97. The zero-order valence-corrected chi connectivity index (χ0v) is 6.75. The van der Waals surface area contributed by atoms with Crippen LogP contribution in [0.5, 0.6) is 0 Å². The predicted octanol–water partition coefficient (Wildman–Crippen LogP) is 1.28. The Hall–Kier alpha value is -1.97. The molecule has 0 fully saturated rings. The Balaban J connectivity index is 2.65. The van der Waals surface area contributed by atoms with Crippen molar-refractivity contribution in [1.82, 2.24) is 19.6 Å². The number of hydrogen-bond donors (Lipinski definition) is 0. The molecule has 4 heteroatoms. The van der Waals surface area contributed by atoms with Crippen molar-refractivity contribution >= 4 is 16.4 Å². The van der Waals surface area contributed by atoms with Crippen molar-refractivity contribution in [3.8, 4) is 0 Å². The first-order chi connectivity index (χ1) is 6.45. The summed E-state index contributed by atoms with van der Waals surface area (Å²) < 4.78 is 1.74. The van der Waals surface area contributed by atoms with Crippen molar-refractivity contribution in [2.75, 3.05) is 0 Å². The van der Waals surface area contributed by atoms with Gasteiger partial charge in [0.15, 0.2) is 0 Å². The maximum atomic E-state index is 4.24. The third kappa shape index (κ3) is 0.823. The summed E-state index contributed by atoms with van der Waals surface area (Å²) in [5.41, 5.74) is 1.99. The Bertz CT molecular complexity index is 570. The van der Waals surface area contributed by atoms with Gasteiger partial charge in [0.05, 0.1) is 17.2 Å². The zero-order chi connectivity index (χ0) is 8.67. The third-order valence-electron chi connectivity index (χ3n) is 2.05. The Kier molecular flexibility index (Phi) is 1.14. The Morgan fingerprint density at radius 3 is 3.15 bits per heavy atom. The van der Waals surface area contributed by atoms with E-state index in [0.29, 0.717) is 0 Å². The number of pyridine rings is 1.